The number of amides is 1. The molecule has 0 fully saturated rings. The lowest BCUT2D eigenvalue weighted by Gasteiger charge is -2.15. The van der Waals surface area contributed by atoms with E-state index in [0.29, 0.717) is 21.5 Å². The van der Waals surface area contributed by atoms with E-state index in [1.165, 1.54) is 7.11 Å². The number of aromatic nitrogens is 2. The van der Waals surface area contributed by atoms with Gasteiger partial charge in [-0.3, -0.25) is 9.48 Å². The number of methoxy groups -OCH3 is 1. The first-order valence-electron chi connectivity index (χ1n) is 6.46. The highest BCUT2D eigenvalue weighted by molar-refractivity contribution is 6.37. The summed E-state index contributed by atoms with van der Waals surface area (Å²) in [4.78, 5) is 12.4. The molecule has 1 unspecified atom stereocenters. The number of rotatable bonds is 5. The van der Waals surface area contributed by atoms with Crippen LogP contribution in [0.2, 0.25) is 10.0 Å². The third-order valence-corrected chi connectivity index (χ3v) is 3.64. The van der Waals surface area contributed by atoms with Crippen LogP contribution in [0, 0.1) is 0 Å². The molecule has 1 aromatic carbocycles. The molecule has 126 valence electrons. The van der Waals surface area contributed by atoms with E-state index in [1.54, 1.807) is 43.3 Å². The van der Waals surface area contributed by atoms with Crippen LogP contribution in [0.4, 0.5) is 5.69 Å². The second kappa shape index (κ2) is 8.40. The summed E-state index contributed by atoms with van der Waals surface area (Å²) in [7, 11) is 4.97. The third-order valence-electron chi connectivity index (χ3n) is 3.08. The Kier molecular flexibility index (Phi) is 7.15. The Morgan fingerprint density at radius 2 is 1.96 bits per heavy atom. The Balaban J connectivity index is 0.00000264. The van der Waals surface area contributed by atoms with Crippen molar-refractivity contribution in [2.24, 2.45) is 7.05 Å². The van der Waals surface area contributed by atoms with Crippen molar-refractivity contribution in [3.8, 4) is 5.75 Å². The van der Waals surface area contributed by atoms with E-state index in [4.69, 9.17) is 27.9 Å². The van der Waals surface area contributed by atoms with E-state index in [0.717, 1.165) is 5.56 Å². The monoisotopic (exact) mass is 378 g/mol. The zero-order chi connectivity index (χ0) is 16.3. The molecule has 1 amide bonds. The van der Waals surface area contributed by atoms with Gasteiger partial charge in [0.2, 0.25) is 5.91 Å². The maximum Gasteiger partial charge on any atom is 0.246 e. The van der Waals surface area contributed by atoms with Crippen LogP contribution in [0.5, 0.6) is 5.75 Å². The predicted molar refractivity (Wildman–Crippen MR) is 93.9 cm³/mol. The molecule has 0 saturated heterocycles. The summed E-state index contributed by atoms with van der Waals surface area (Å²) in [5.74, 6) is 0.131. The van der Waals surface area contributed by atoms with Crippen LogP contribution in [-0.2, 0) is 11.8 Å². The highest BCUT2D eigenvalue weighted by Crippen LogP contribution is 2.35. The average Bonchev–Trinajstić information content (AvgIpc) is 2.85. The lowest BCUT2D eigenvalue weighted by atomic mass is 10.1. The molecule has 2 rings (SSSR count). The molecule has 9 heteroatoms. The first-order valence-corrected chi connectivity index (χ1v) is 7.21. The topological polar surface area (TPSA) is 68.2 Å². The van der Waals surface area contributed by atoms with Gasteiger partial charge in [-0.2, -0.15) is 5.10 Å². The highest BCUT2D eigenvalue weighted by atomic mass is 35.5. The summed E-state index contributed by atoms with van der Waals surface area (Å²) in [6, 6.07) is 2.63. The standard InChI is InChI=1S/C14H16Cl2N4O2.ClH/c1-17-12(8-6-18-20(2)7-8)14(21)19-9-4-10(15)13(22-3)11(16)5-9;/h4-7,12,17H,1-3H3,(H,19,21);1H. The Bertz CT molecular complexity index is 667. The normalized spacial score (nSPS) is 11.5. The summed E-state index contributed by atoms with van der Waals surface area (Å²) < 4.78 is 6.71. The lowest BCUT2D eigenvalue weighted by Crippen LogP contribution is -2.30. The van der Waals surface area contributed by atoms with Crippen LogP contribution in [0.25, 0.3) is 0 Å². The van der Waals surface area contributed by atoms with Crippen molar-refractivity contribution in [2.45, 2.75) is 6.04 Å². The van der Waals surface area contributed by atoms with Gasteiger partial charge >= 0.3 is 0 Å². The van der Waals surface area contributed by atoms with Gasteiger partial charge in [0.25, 0.3) is 0 Å². The fraction of sp³-hybridized carbons (Fsp3) is 0.286. The molecule has 0 saturated carbocycles. The highest BCUT2D eigenvalue weighted by Gasteiger charge is 2.21. The van der Waals surface area contributed by atoms with E-state index >= 15 is 0 Å². The molecule has 6 nitrogen and oxygen atoms in total. The largest absolute Gasteiger partial charge is 0.494 e. The van der Waals surface area contributed by atoms with Gasteiger partial charge in [-0.05, 0) is 19.2 Å². The zero-order valence-corrected chi connectivity index (χ0v) is 15.1. The molecule has 23 heavy (non-hydrogen) atoms. The fourth-order valence-corrected chi connectivity index (χ4v) is 2.72. The minimum atomic E-state index is -0.534. The number of hydrogen-bond acceptors (Lipinski definition) is 4. The number of benzene rings is 1. The summed E-state index contributed by atoms with van der Waals surface area (Å²) in [6.07, 6.45) is 3.41. The van der Waals surface area contributed by atoms with Gasteiger partial charge in [0, 0.05) is 24.5 Å². The molecule has 0 radical (unpaired) electrons. The maximum atomic E-state index is 12.4. The molecule has 0 aliphatic rings. The number of anilines is 1. The second-order valence-electron chi connectivity index (χ2n) is 4.63. The number of nitrogens with zero attached hydrogens (tertiary/aromatic N) is 2. The Hall–Kier alpha value is -1.47. The van der Waals surface area contributed by atoms with Crippen molar-refractivity contribution >= 4 is 47.2 Å². The van der Waals surface area contributed by atoms with Gasteiger partial charge in [0.15, 0.2) is 5.75 Å². The molecule has 2 N–H and O–H groups in total. The minimum Gasteiger partial charge on any atom is -0.494 e. The third kappa shape index (κ3) is 4.51. The molecular weight excluding hydrogens is 363 g/mol. The van der Waals surface area contributed by atoms with E-state index in [-0.39, 0.29) is 18.3 Å². The van der Waals surface area contributed by atoms with Crippen LogP contribution in [-0.4, -0.2) is 29.8 Å². The van der Waals surface area contributed by atoms with E-state index < -0.39 is 6.04 Å². The predicted octanol–water partition coefficient (Wildman–Crippen LogP) is 3.06. The van der Waals surface area contributed by atoms with Gasteiger partial charge in [-0.1, -0.05) is 23.2 Å². The molecule has 1 heterocycles. The molecule has 0 spiro atoms. The van der Waals surface area contributed by atoms with Crippen molar-refractivity contribution in [3.63, 3.8) is 0 Å². The van der Waals surface area contributed by atoms with Gasteiger partial charge in [-0.15, -0.1) is 12.4 Å². The number of halogens is 3. The van der Waals surface area contributed by atoms with Crippen LogP contribution < -0.4 is 15.4 Å². The molecule has 1 atom stereocenters. The van der Waals surface area contributed by atoms with Gasteiger partial charge in [-0.25, -0.2) is 0 Å². The fourth-order valence-electron chi connectivity index (χ4n) is 2.08. The summed E-state index contributed by atoms with van der Waals surface area (Å²) in [5.41, 5.74) is 1.25. The average molecular weight is 380 g/mol. The van der Waals surface area contributed by atoms with Crippen molar-refractivity contribution in [1.82, 2.24) is 15.1 Å². The maximum absolute atomic E-state index is 12.4. The van der Waals surface area contributed by atoms with Crippen molar-refractivity contribution < 1.29 is 9.53 Å². The number of hydrogen-bond donors (Lipinski definition) is 2. The van der Waals surface area contributed by atoms with Crippen LogP contribution in [0.3, 0.4) is 0 Å². The van der Waals surface area contributed by atoms with Crippen LogP contribution in [0.1, 0.15) is 11.6 Å². The number of carbonyl (C=O) groups excluding carboxylic acids is 1. The van der Waals surface area contributed by atoms with E-state index in [1.807, 2.05) is 0 Å². The van der Waals surface area contributed by atoms with Crippen LogP contribution in [0.15, 0.2) is 24.5 Å². The quantitative estimate of drug-likeness (QED) is 0.838. The molecule has 0 aliphatic carbocycles. The smallest absolute Gasteiger partial charge is 0.246 e. The molecule has 1 aromatic heterocycles. The molecule has 0 bridgehead atoms. The zero-order valence-electron chi connectivity index (χ0n) is 12.8. The SMILES string of the molecule is CNC(C(=O)Nc1cc(Cl)c(OC)c(Cl)c1)c1cnn(C)c1.Cl. The second-order valence-corrected chi connectivity index (χ2v) is 5.45. The number of ether oxygens (including phenoxy) is 1. The number of aryl methyl sites for hydroxylation is 1. The van der Waals surface area contributed by atoms with Crippen molar-refractivity contribution in [1.29, 1.82) is 0 Å². The summed E-state index contributed by atoms with van der Waals surface area (Å²) in [5, 5.41) is 10.4. The number of nitrogens with one attached hydrogen (secondary N) is 2. The molecule has 0 aliphatic heterocycles. The van der Waals surface area contributed by atoms with Gasteiger partial charge in [0.05, 0.1) is 23.4 Å². The van der Waals surface area contributed by atoms with Crippen molar-refractivity contribution in [3.05, 3.63) is 40.1 Å². The van der Waals surface area contributed by atoms with E-state index in [2.05, 4.69) is 15.7 Å². The summed E-state index contributed by atoms with van der Waals surface area (Å²) in [6.45, 7) is 0. The Labute approximate surface area is 150 Å². The van der Waals surface area contributed by atoms with E-state index in [9.17, 15) is 4.79 Å². The van der Waals surface area contributed by atoms with Crippen molar-refractivity contribution in [2.75, 3.05) is 19.5 Å². The molecular formula is C14H17Cl3N4O2. The van der Waals surface area contributed by atoms with Gasteiger partial charge in [0.1, 0.15) is 6.04 Å². The number of carbonyl (C=O) groups is 1. The van der Waals surface area contributed by atoms with Gasteiger partial charge < -0.3 is 15.4 Å². The summed E-state index contributed by atoms with van der Waals surface area (Å²) >= 11 is 12.1. The van der Waals surface area contributed by atoms with Crippen LogP contribution >= 0.6 is 35.6 Å². The first-order chi connectivity index (χ1) is 10.5. The lowest BCUT2D eigenvalue weighted by molar-refractivity contribution is -0.118. The first kappa shape index (κ1) is 19.6. The Morgan fingerprint density at radius 3 is 2.39 bits per heavy atom. The Morgan fingerprint density at radius 1 is 1.35 bits per heavy atom. The molecule has 2 aromatic rings. The minimum absolute atomic E-state index is 0. The number of likely N-dealkylation sites (N-methyl/N-ethyl adjacent to an activating group) is 1.